The number of ketones is 3. The van der Waals surface area contributed by atoms with Crippen LogP contribution in [-0.2, 0) is 78.5 Å². The summed E-state index contributed by atoms with van der Waals surface area (Å²) in [5.41, 5.74) is -3.00. The Morgan fingerprint density at radius 3 is 1.43 bits per heavy atom. The Labute approximate surface area is 710 Å². The molecule has 10 rings (SSSR count). The largest absolute Gasteiger partial charge is 0.457 e. The fourth-order valence-electron chi connectivity index (χ4n) is 13.8. The van der Waals surface area contributed by atoms with Crippen LogP contribution in [0.2, 0.25) is 0 Å². The number of nitrogens with one attached hydrogen (secondary N) is 4. The first-order valence-electron chi connectivity index (χ1n) is 39.3. The lowest BCUT2D eigenvalue weighted by atomic mass is 9.88. The maximum absolute atomic E-state index is 12.3. The number of nitrogens with zero attached hydrogens (tertiary/aromatic N) is 5. The molecule has 42 heteroatoms. The number of aliphatic hydroxyl groups excluding tert-OH is 8. The monoisotopic (exact) mass is 1820 g/mol. The van der Waals surface area contributed by atoms with Gasteiger partial charge in [0.2, 0.25) is 11.7 Å². The normalized spacial score (nSPS) is 29.8. The van der Waals surface area contributed by atoms with Gasteiger partial charge in [-0.25, -0.2) is 9.59 Å². The summed E-state index contributed by atoms with van der Waals surface area (Å²) < 4.78 is 47.6. The lowest BCUT2D eigenvalue weighted by Crippen LogP contribution is -2.49. The highest BCUT2D eigenvalue weighted by Gasteiger charge is 2.52. The topological polar surface area (TPSA) is 514 Å². The molecule has 8 aliphatic heterocycles. The van der Waals surface area contributed by atoms with Crippen LogP contribution < -0.4 is 38.4 Å². The Kier molecular flexibility index (Phi) is 37.1. The molecule has 0 bridgehead atoms. The first-order valence-corrected chi connectivity index (χ1v) is 54.5. The van der Waals surface area contributed by atoms with Crippen molar-refractivity contribution in [2.45, 2.75) is 182 Å². The fourth-order valence-corrected chi connectivity index (χ4v) is 18.6. The molecule has 0 aliphatic carbocycles. The van der Waals surface area contributed by atoms with E-state index >= 15 is 0 Å². The number of carbonyl (C=O) groups excluding carboxylic acids is 8. The predicted octanol–water partition coefficient (Wildman–Crippen LogP) is -0.815. The van der Waals surface area contributed by atoms with Gasteiger partial charge in [0.15, 0.2) is 37.3 Å². The van der Waals surface area contributed by atoms with Gasteiger partial charge in [-0.05, 0) is 143 Å². The number of aromatic nitrogens is 4. The Morgan fingerprint density at radius 2 is 0.959 bits per heavy atom. The van der Waals surface area contributed by atoms with Crippen LogP contribution in [0.1, 0.15) is 82.1 Å². The van der Waals surface area contributed by atoms with Gasteiger partial charge in [0.05, 0.1) is 48.4 Å². The molecular formula is C80H126N9O28P5. The fraction of sp³-hybridized carbons (Fsp3) is 0.613. The van der Waals surface area contributed by atoms with Crippen LogP contribution in [0.5, 0.6) is 0 Å². The molecule has 10 heterocycles. The summed E-state index contributed by atoms with van der Waals surface area (Å²) >= 11 is 0. The zero-order chi connectivity index (χ0) is 92.2. The lowest BCUT2D eigenvalue weighted by Gasteiger charge is -2.34. The predicted molar refractivity (Wildman–Crippen MR) is 475 cm³/mol. The van der Waals surface area contributed by atoms with Crippen molar-refractivity contribution in [3.05, 3.63) is 126 Å². The first-order chi connectivity index (χ1) is 56.3. The Balaban J connectivity index is 0.000000237. The van der Waals surface area contributed by atoms with E-state index in [0.717, 1.165) is 59.4 Å². The van der Waals surface area contributed by atoms with Crippen molar-refractivity contribution in [3.63, 3.8) is 0 Å². The van der Waals surface area contributed by atoms with Crippen molar-refractivity contribution < 1.29 is 117 Å². The second-order valence-electron chi connectivity index (χ2n) is 34.8. The molecule has 0 saturated carbocycles. The molecule has 0 radical (unpaired) electrons. The number of esters is 1. The van der Waals surface area contributed by atoms with Crippen molar-refractivity contribution in [1.29, 1.82) is 0 Å². The highest BCUT2D eigenvalue weighted by atomic mass is 31.2. The summed E-state index contributed by atoms with van der Waals surface area (Å²) in [5.74, 6) is -5.06. The van der Waals surface area contributed by atoms with Crippen LogP contribution in [0, 0.1) is 5.92 Å². The van der Waals surface area contributed by atoms with Crippen LogP contribution in [0.4, 0.5) is 0 Å². The lowest BCUT2D eigenvalue weighted by molar-refractivity contribution is -0.140. The van der Waals surface area contributed by atoms with E-state index in [2.05, 4.69) is 105 Å². The molecule has 2 aromatic heterocycles. The van der Waals surface area contributed by atoms with Gasteiger partial charge in [0.25, 0.3) is 28.8 Å². The number of hydrogen-bond donors (Lipinski definition) is 12. The minimum atomic E-state index is -1.43. The van der Waals surface area contributed by atoms with E-state index in [0.29, 0.717) is 49.1 Å². The van der Waals surface area contributed by atoms with Crippen molar-refractivity contribution in [2.24, 2.45) is 13.0 Å². The average molecular weight is 1820 g/mol. The number of methoxy groups -OCH3 is 2. The molecule has 5 saturated heterocycles. The zero-order valence-electron chi connectivity index (χ0n) is 72.3. The Morgan fingerprint density at radius 1 is 0.525 bits per heavy atom. The third-order valence-corrected chi connectivity index (χ3v) is 28.1. The number of aliphatic hydroxyl groups is 8. The number of amides is 4. The highest BCUT2D eigenvalue weighted by Crippen LogP contribution is 2.45. The third-order valence-electron chi connectivity index (χ3n) is 20.7. The molecule has 37 nitrogen and oxygen atoms in total. The summed E-state index contributed by atoms with van der Waals surface area (Å²) in [6.07, 6.45) is 18.4. The number of aromatic amines is 1. The van der Waals surface area contributed by atoms with Gasteiger partial charge >= 0.3 is 17.3 Å². The van der Waals surface area contributed by atoms with Crippen molar-refractivity contribution in [2.75, 3.05) is 118 Å². The van der Waals surface area contributed by atoms with Crippen molar-refractivity contribution in [1.82, 2.24) is 44.4 Å². The van der Waals surface area contributed by atoms with Gasteiger partial charge in [-0.2, -0.15) is 0 Å². The van der Waals surface area contributed by atoms with E-state index in [1.807, 2.05) is 31.6 Å². The van der Waals surface area contributed by atoms with Gasteiger partial charge in [-0.15, -0.1) is 65.9 Å². The summed E-state index contributed by atoms with van der Waals surface area (Å²) in [6.45, 7) is 25.5. The van der Waals surface area contributed by atoms with Crippen LogP contribution in [0.15, 0.2) is 98.1 Å². The third kappa shape index (κ3) is 28.8. The Bertz CT molecular complexity index is 4810. The van der Waals surface area contributed by atoms with E-state index in [1.54, 1.807) is 36.2 Å². The molecule has 5 fully saturated rings. The van der Waals surface area contributed by atoms with E-state index in [-0.39, 0.29) is 29.1 Å². The minimum Gasteiger partial charge on any atom is -0.457 e. The molecule has 0 aromatic carbocycles. The zero-order valence-corrected chi connectivity index (χ0v) is 76.8. The molecule has 0 spiro atoms. The number of hydrogen-bond acceptors (Lipinski definition) is 30. The second-order valence-corrected chi connectivity index (χ2v) is 56.4. The SMILES string of the molecule is C=C1NC(=O)C(C)=CN1[C@@H]1O[C@H](CCP(=C)(C)C)[C@@H](O)[C@H]1O.C=C1NC(=O)C=CN1[C@@H]1O[C@H](CCP(=C)(C)C)[C@@H](O)[C@H]1OC.C=P(C)(C)CC[C@H]1O[C@@H](C2C=C(C(=O)CC(C)=O)C(=O)NC2=O)[C@H](O)[C@@H]1O.C=P(C)(C)CC[C@H]1O[C@@H](n2cc(C(=O)COC(C)=O)c(=O)[nH]c2=O)[C@H](O)[C@@H]1O.C=P(C)(C)CC[C@H]1O[C@@H](n2ccc(=O)n(C)c2=O)[C@H](OC)[C@@H]1O. The maximum Gasteiger partial charge on any atom is 0.332 e. The number of H-pyrrole nitrogens is 1. The van der Waals surface area contributed by atoms with E-state index in [1.165, 1.54) is 44.0 Å². The quantitative estimate of drug-likeness (QED) is 0.0124. The molecule has 122 heavy (non-hydrogen) atoms. The molecule has 21 atom stereocenters. The van der Waals surface area contributed by atoms with Crippen LogP contribution in [0.25, 0.3) is 0 Å². The number of ether oxygens (including phenoxy) is 8. The maximum atomic E-state index is 12.3. The highest BCUT2D eigenvalue weighted by molar-refractivity contribution is 7.73. The number of Topliss-reactive ketones (excluding diaryl/α,β-unsaturated/α-hetero) is 3. The molecule has 8 aliphatic rings. The van der Waals surface area contributed by atoms with Crippen LogP contribution >= 0.6 is 34.4 Å². The van der Waals surface area contributed by atoms with Gasteiger partial charge in [-0.3, -0.25) is 71.9 Å². The standard InChI is InChI=1S/C18H26NO7P.C17H25N2O8P.C15H25N2O5P.2C15H25N2O4P/c1-9(20)7-12(21)10-8-11(18(25)19-17(10)24)16-15(23)14(22)13(26-16)5-6-27(2,3)4;1-9(20)26-8-11(21)10-7-19(17(25)18-15(10)24)16-14(23)13(22)12(27-16)5-6-28(2,3)4;1-16-11(18)6-8-17(15(16)20)14-13(21-2)12(19)10(22-14)7-9-23(3,4)5;1-10-16-12(18)6-8-17(10)15-14(20-2)13(19)11(21-15)7-9-22(3,4)5;1-9-8-17(10(2)16-14(9)20)15-13(19)12(18)11(21-15)6-7-22(3,4)5/h8,11,13-16,22-23H,2,5-7H2,1,3-4H3,(H,19,24,25);7,12-14,16,22-23H,2,5-6,8H2,1,3-4H3,(H,18,24,25);6,8,10,12-14,19H,3,7,9H2,1-2,4-5H3;6,8,11,13-15,19H,1,3,7,9H2,2,4-5H3,(H,16,18);8,11-13,15,18-19H,2-3,6-7H2,1,4-5H3,(H,16,20)/t11?,13-,14-,15-,16+;12-,13-,14-,16-;10-,12-,13-,14-;11-,13-,14-,15-;11-,12-,13-,15-/m11111/s1. The second kappa shape index (κ2) is 43.5. The number of rotatable bonds is 28. The minimum absolute atomic E-state index is 0.227. The van der Waals surface area contributed by atoms with Gasteiger partial charge in [0, 0.05) is 70.7 Å². The number of imide groups is 1. The van der Waals surface area contributed by atoms with Crippen LogP contribution in [-0.4, -0.2) is 376 Å². The van der Waals surface area contributed by atoms with E-state index in [4.69, 9.17) is 33.2 Å². The van der Waals surface area contributed by atoms with Gasteiger partial charge < -0.3 is 99.2 Å². The number of carbonyl (C=O) groups is 8. The summed E-state index contributed by atoms with van der Waals surface area (Å²) in [7, 11) is 4.42. The van der Waals surface area contributed by atoms with Crippen molar-refractivity contribution >= 4 is 113 Å². The van der Waals surface area contributed by atoms with E-state index < -0.39 is 227 Å². The van der Waals surface area contributed by atoms with Crippen molar-refractivity contribution in [3.8, 4) is 0 Å². The molecule has 684 valence electrons. The molecule has 4 amide bonds. The summed E-state index contributed by atoms with van der Waals surface area (Å²) in [6, 6.07) is 1.29. The van der Waals surface area contributed by atoms with Crippen LogP contribution in [0.3, 0.4) is 0 Å². The first kappa shape index (κ1) is 104. The van der Waals surface area contributed by atoms with Gasteiger partial charge in [-0.1, -0.05) is 19.2 Å². The Hall–Kier alpha value is -6.88. The summed E-state index contributed by atoms with van der Waals surface area (Å²) in [5, 5.41) is 89.9. The molecule has 12 N–H and O–H groups in total. The van der Waals surface area contributed by atoms with Gasteiger partial charge in [0.1, 0.15) is 90.1 Å². The smallest absolute Gasteiger partial charge is 0.332 e. The average Bonchev–Trinajstić information content (AvgIpc) is 1.62. The molecular weight excluding hydrogens is 1690 g/mol. The summed E-state index contributed by atoms with van der Waals surface area (Å²) in [4.78, 5) is 146. The molecule has 2 aromatic rings. The van der Waals surface area contributed by atoms with E-state index in [9.17, 15) is 98.4 Å². The molecule has 1 unspecified atom stereocenters.